The van der Waals surface area contributed by atoms with Crippen molar-refractivity contribution < 1.29 is 0 Å². The fourth-order valence-corrected chi connectivity index (χ4v) is 1.50. The molecule has 0 fully saturated rings. The van der Waals surface area contributed by atoms with Gasteiger partial charge in [-0.25, -0.2) is 4.98 Å². The van der Waals surface area contributed by atoms with Gasteiger partial charge in [0.05, 0.1) is 0 Å². The third-order valence-corrected chi connectivity index (χ3v) is 2.18. The van der Waals surface area contributed by atoms with Crippen LogP contribution in [0.4, 0.5) is 0 Å². The van der Waals surface area contributed by atoms with Gasteiger partial charge in [-0.3, -0.25) is 4.98 Å². The van der Waals surface area contributed by atoms with E-state index >= 15 is 0 Å². The SMILES string of the molecule is c1cc(-c2nccs2)ccn1. The summed E-state index contributed by atoms with van der Waals surface area (Å²) in [6, 6.07) is 3.91. The second-order valence-corrected chi connectivity index (χ2v) is 2.97. The second-order valence-electron chi connectivity index (χ2n) is 2.07. The Kier molecular flexibility index (Phi) is 1.65. The molecule has 11 heavy (non-hydrogen) atoms. The molecule has 2 aromatic rings. The van der Waals surface area contributed by atoms with Crippen LogP contribution >= 0.6 is 11.3 Å². The van der Waals surface area contributed by atoms with Crippen LogP contribution < -0.4 is 0 Å². The molecule has 2 rings (SSSR count). The molecule has 2 nitrogen and oxygen atoms in total. The van der Waals surface area contributed by atoms with Crippen molar-refractivity contribution in [3.63, 3.8) is 0 Å². The first-order valence-electron chi connectivity index (χ1n) is 3.27. The Hall–Kier alpha value is -1.22. The number of hydrogen-bond donors (Lipinski definition) is 0. The zero-order valence-electron chi connectivity index (χ0n) is 5.77. The van der Waals surface area contributed by atoms with E-state index in [1.165, 1.54) is 0 Å². The van der Waals surface area contributed by atoms with Gasteiger partial charge in [-0.1, -0.05) is 0 Å². The molecule has 0 amide bonds. The minimum Gasteiger partial charge on any atom is -0.265 e. The molecule has 0 saturated heterocycles. The normalized spacial score (nSPS) is 9.82. The predicted molar refractivity (Wildman–Crippen MR) is 45.3 cm³/mol. The van der Waals surface area contributed by atoms with Gasteiger partial charge >= 0.3 is 0 Å². The molecule has 0 aromatic carbocycles. The van der Waals surface area contributed by atoms with Crippen molar-refractivity contribution in [2.75, 3.05) is 0 Å². The van der Waals surface area contributed by atoms with Crippen LogP contribution in [-0.4, -0.2) is 9.97 Å². The number of pyridine rings is 1. The third-order valence-electron chi connectivity index (χ3n) is 1.36. The monoisotopic (exact) mass is 162 g/mol. The first-order valence-corrected chi connectivity index (χ1v) is 4.15. The smallest absolute Gasteiger partial charge is 0.123 e. The summed E-state index contributed by atoms with van der Waals surface area (Å²) in [5, 5.41) is 3.02. The van der Waals surface area contributed by atoms with Crippen molar-refractivity contribution in [2.45, 2.75) is 0 Å². The van der Waals surface area contributed by atoms with Crippen LogP contribution in [0, 0.1) is 0 Å². The zero-order valence-corrected chi connectivity index (χ0v) is 6.58. The standard InChI is InChI=1S/C8H6N2S/c1-3-9-4-2-7(1)8-10-5-6-11-8/h1-6H. The third kappa shape index (κ3) is 1.28. The predicted octanol–water partition coefficient (Wildman–Crippen LogP) is 2.21. The fraction of sp³-hybridized carbons (Fsp3) is 0. The molecule has 0 radical (unpaired) electrons. The topological polar surface area (TPSA) is 25.8 Å². The van der Waals surface area contributed by atoms with Crippen molar-refractivity contribution in [3.05, 3.63) is 36.1 Å². The van der Waals surface area contributed by atoms with Gasteiger partial charge < -0.3 is 0 Å². The summed E-state index contributed by atoms with van der Waals surface area (Å²) in [5.74, 6) is 0. The summed E-state index contributed by atoms with van der Waals surface area (Å²) in [6.07, 6.45) is 5.36. The van der Waals surface area contributed by atoms with E-state index in [4.69, 9.17) is 0 Å². The quantitative estimate of drug-likeness (QED) is 0.642. The summed E-state index contributed by atoms with van der Waals surface area (Å²) in [6.45, 7) is 0. The Bertz CT molecular complexity index is 315. The van der Waals surface area contributed by atoms with E-state index < -0.39 is 0 Å². The van der Waals surface area contributed by atoms with Crippen LogP contribution in [-0.2, 0) is 0 Å². The highest BCUT2D eigenvalue weighted by Gasteiger charge is 1.96. The van der Waals surface area contributed by atoms with Crippen molar-refractivity contribution in [2.24, 2.45) is 0 Å². The summed E-state index contributed by atoms with van der Waals surface area (Å²) in [7, 11) is 0. The average molecular weight is 162 g/mol. The van der Waals surface area contributed by atoms with Crippen LogP contribution in [0.25, 0.3) is 10.6 Å². The maximum Gasteiger partial charge on any atom is 0.123 e. The Labute approximate surface area is 68.6 Å². The summed E-state index contributed by atoms with van der Waals surface area (Å²) in [5.41, 5.74) is 1.13. The number of hydrogen-bond acceptors (Lipinski definition) is 3. The maximum absolute atomic E-state index is 4.18. The Morgan fingerprint density at radius 2 is 1.91 bits per heavy atom. The van der Waals surface area contributed by atoms with Gasteiger partial charge in [0.25, 0.3) is 0 Å². The van der Waals surface area contributed by atoms with E-state index in [2.05, 4.69) is 9.97 Å². The Morgan fingerprint density at radius 1 is 1.09 bits per heavy atom. The van der Waals surface area contributed by atoms with E-state index in [9.17, 15) is 0 Å². The van der Waals surface area contributed by atoms with Crippen LogP contribution in [0.5, 0.6) is 0 Å². The van der Waals surface area contributed by atoms with Gasteiger partial charge in [-0.15, -0.1) is 11.3 Å². The van der Waals surface area contributed by atoms with Crippen LogP contribution in [0.3, 0.4) is 0 Å². The molecular formula is C8H6N2S. The molecule has 0 aliphatic heterocycles. The van der Waals surface area contributed by atoms with E-state index in [0.717, 1.165) is 10.6 Å². The van der Waals surface area contributed by atoms with Gasteiger partial charge in [0.15, 0.2) is 0 Å². The lowest BCUT2D eigenvalue weighted by molar-refractivity contribution is 1.32. The van der Waals surface area contributed by atoms with Crippen LogP contribution in [0.1, 0.15) is 0 Å². The largest absolute Gasteiger partial charge is 0.265 e. The van der Waals surface area contributed by atoms with E-state index in [1.54, 1.807) is 29.9 Å². The molecule has 2 heterocycles. The molecule has 0 bridgehead atoms. The zero-order chi connectivity index (χ0) is 7.52. The number of aromatic nitrogens is 2. The lowest BCUT2D eigenvalue weighted by Gasteiger charge is -1.91. The molecule has 0 unspecified atom stereocenters. The highest BCUT2D eigenvalue weighted by molar-refractivity contribution is 7.13. The number of rotatable bonds is 1. The van der Waals surface area contributed by atoms with Gasteiger partial charge in [0.1, 0.15) is 5.01 Å². The molecule has 0 aliphatic carbocycles. The highest BCUT2D eigenvalue weighted by Crippen LogP contribution is 2.19. The van der Waals surface area contributed by atoms with Crippen LogP contribution in [0.15, 0.2) is 36.1 Å². The lowest BCUT2D eigenvalue weighted by Crippen LogP contribution is -1.74. The van der Waals surface area contributed by atoms with E-state index in [-0.39, 0.29) is 0 Å². The maximum atomic E-state index is 4.18. The van der Waals surface area contributed by atoms with E-state index in [1.807, 2.05) is 17.5 Å². The first-order chi connectivity index (χ1) is 5.47. The minimum absolute atomic E-state index is 1.05. The van der Waals surface area contributed by atoms with Gasteiger partial charge in [-0.2, -0.15) is 0 Å². The van der Waals surface area contributed by atoms with Gasteiger partial charge in [0, 0.05) is 29.5 Å². The van der Waals surface area contributed by atoms with Crippen molar-refractivity contribution >= 4 is 11.3 Å². The van der Waals surface area contributed by atoms with Gasteiger partial charge in [0.2, 0.25) is 0 Å². The second kappa shape index (κ2) is 2.80. The van der Waals surface area contributed by atoms with Crippen LogP contribution in [0.2, 0.25) is 0 Å². The molecule has 2 aromatic heterocycles. The highest BCUT2D eigenvalue weighted by atomic mass is 32.1. The average Bonchev–Trinajstić information content (AvgIpc) is 2.58. The molecule has 0 saturated carbocycles. The number of nitrogens with zero attached hydrogens (tertiary/aromatic N) is 2. The number of thiazole rings is 1. The lowest BCUT2D eigenvalue weighted by atomic mass is 10.3. The molecule has 0 aliphatic rings. The minimum atomic E-state index is 1.05. The van der Waals surface area contributed by atoms with Gasteiger partial charge in [-0.05, 0) is 12.1 Å². The first kappa shape index (κ1) is 6.49. The molecule has 3 heteroatoms. The van der Waals surface area contributed by atoms with Crippen molar-refractivity contribution in [3.8, 4) is 10.6 Å². The van der Waals surface area contributed by atoms with Crippen molar-refractivity contribution in [1.29, 1.82) is 0 Å². The molecular weight excluding hydrogens is 156 g/mol. The summed E-state index contributed by atoms with van der Waals surface area (Å²) < 4.78 is 0. The Morgan fingerprint density at radius 3 is 2.55 bits per heavy atom. The van der Waals surface area contributed by atoms with E-state index in [0.29, 0.717) is 0 Å². The summed E-state index contributed by atoms with van der Waals surface area (Å²) >= 11 is 1.64. The molecule has 0 N–H and O–H groups in total. The fourth-order valence-electron chi connectivity index (χ4n) is 0.861. The van der Waals surface area contributed by atoms with Crippen molar-refractivity contribution in [1.82, 2.24) is 9.97 Å². The summed E-state index contributed by atoms with van der Waals surface area (Å²) in [4.78, 5) is 8.11. The molecule has 0 spiro atoms. The molecule has 0 atom stereocenters. The Balaban J connectivity index is 2.46. The molecule has 54 valence electrons.